The molecule has 0 N–H and O–H groups in total. The highest BCUT2D eigenvalue weighted by molar-refractivity contribution is 14.1. The number of hydrogen-bond acceptors (Lipinski definition) is 0. The average Bonchev–Trinajstić information content (AvgIpc) is 2.36. The highest BCUT2D eigenvalue weighted by atomic mass is 127. The molecular formula is C16H15Br2I. The van der Waals surface area contributed by atoms with E-state index in [-0.39, 0.29) is 4.83 Å². The molecule has 0 aliphatic heterocycles. The summed E-state index contributed by atoms with van der Waals surface area (Å²) in [6, 6.07) is 10.9. The Bertz CT molecular complexity index is 620. The maximum Gasteiger partial charge on any atom is 0.0650 e. The predicted molar refractivity (Wildman–Crippen MR) is 98.3 cm³/mol. The second kappa shape index (κ2) is 6.27. The van der Waals surface area contributed by atoms with Crippen LogP contribution in [0.3, 0.4) is 0 Å². The Kier molecular flexibility index (Phi) is 5.12. The minimum atomic E-state index is 0.235. The molecule has 0 aliphatic rings. The fourth-order valence-electron chi connectivity index (χ4n) is 2.40. The highest BCUT2D eigenvalue weighted by Crippen LogP contribution is 2.39. The topological polar surface area (TPSA) is 0 Å². The molecule has 1 unspecified atom stereocenters. The third-order valence-corrected chi connectivity index (χ3v) is 6.21. The molecule has 0 radical (unpaired) electrons. The Morgan fingerprint density at radius 2 is 1.74 bits per heavy atom. The first kappa shape index (κ1) is 15.5. The molecule has 3 heteroatoms. The lowest BCUT2D eigenvalue weighted by molar-refractivity contribution is 1.09. The number of rotatable bonds is 2. The largest absolute Gasteiger partial charge is 0.0786 e. The normalized spacial score (nSPS) is 12.5. The van der Waals surface area contributed by atoms with Gasteiger partial charge in [-0.25, -0.2) is 0 Å². The molecule has 100 valence electrons. The maximum absolute atomic E-state index is 3.86. The van der Waals surface area contributed by atoms with Gasteiger partial charge in [-0.15, -0.1) is 0 Å². The summed E-state index contributed by atoms with van der Waals surface area (Å²) >= 11 is 9.92. The van der Waals surface area contributed by atoms with E-state index in [1.807, 2.05) is 0 Å². The molecule has 2 rings (SSSR count). The number of alkyl halides is 1. The number of hydrogen-bond donors (Lipinski definition) is 0. The zero-order valence-electron chi connectivity index (χ0n) is 11.1. The van der Waals surface area contributed by atoms with Gasteiger partial charge in [-0.2, -0.15) is 0 Å². The quantitative estimate of drug-likeness (QED) is 0.332. The summed E-state index contributed by atoms with van der Waals surface area (Å²) in [6.07, 6.45) is 0. The van der Waals surface area contributed by atoms with Crippen molar-refractivity contribution in [2.24, 2.45) is 0 Å². The standard InChI is InChI=1S/C16H15Br2I/c1-9-7-10(2)15(17)11(3)14(9)16(18)12-5-4-6-13(19)8-12/h4-8,16H,1-3H3. The van der Waals surface area contributed by atoms with Crippen LogP contribution in [0.15, 0.2) is 34.8 Å². The maximum atomic E-state index is 3.86. The molecule has 0 spiro atoms. The fourth-order valence-corrected chi connectivity index (χ4v) is 4.28. The van der Waals surface area contributed by atoms with Crippen LogP contribution in [-0.2, 0) is 0 Å². The van der Waals surface area contributed by atoms with Gasteiger partial charge < -0.3 is 0 Å². The molecular weight excluding hydrogens is 479 g/mol. The van der Waals surface area contributed by atoms with E-state index >= 15 is 0 Å². The summed E-state index contributed by atoms with van der Waals surface area (Å²) in [6.45, 7) is 6.51. The van der Waals surface area contributed by atoms with Crippen molar-refractivity contribution in [1.82, 2.24) is 0 Å². The fraction of sp³-hybridized carbons (Fsp3) is 0.250. The van der Waals surface area contributed by atoms with Crippen molar-refractivity contribution in [2.75, 3.05) is 0 Å². The van der Waals surface area contributed by atoms with Crippen LogP contribution in [0.1, 0.15) is 32.6 Å². The Hall–Kier alpha value is 0.130. The molecule has 1 atom stereocenters. The predicted octanol–water partition coefficient (Wildman–Crippen LogP) is 6.46. The SMILES string of the molecule is Cc1cc(C)c(C(Br)c2cccc(I)c2)c(C)c1Br. The van der Waals surface area contributed by atoms with Crippen molar-refractivity contribution in [2.45, 2.75) is 25.6 Å². The Labute approximate surface area is 145 Å². The summed E-state index contributed by atoms with van der Waals surface area (Å²) in [5.41, 5.74) is 6.60. The lowest BCUT2D eigenvalue weighted by atomic mass is 9.94. The van der Waals surface area contributed by atoms with E-state index in [9.17, 15) is 0 Å². The number of halogens is 3. The van der Waals surface area contributed by atoms with E-state index in [0.29, 0.717) is 0 Å². The van der Waals surface area contributed by atoms with E-state index in [4.69, 9.17) is 0 Å². The van der Waals surface area contributed by atoms with Crippen molar-refractivity contribution in [3.05, 3.63) is 66.2 Å². The van der Waals surface area contributed by atoms with E-state index in [0.717, 1.165) is 0 Å². The van der Waals surface area contributed by atoms with Crippen LogP contribution in [0.4, 0.5) is 0 Å². The van der Waals surface area contributed by atoms with Crippen molar-refractivity contribution in [3.8, 4) is 0 Å². The van der Waals surface area contributed by atoms with Gasteiger partial charge in [-0.1, -0.05) is 50.1 Å². The highest BCUT2D eigenvalue weighted by Gasteiger charge is 2.18. The van der Waals surface area contributed by atoms with Gasteiger partial charge in [0.25, 0.3) is 0 Å². The summed E-state index contributed by atoms with van der Waals surface area (Å²) in [7, 11) is 0. The zero-order valence-corrected chi connectivity index (χ0v) is 16.4. The van der Waals surface area contributed by atoms with E-state index in [2.05, 4.69) is 106 Å². The van der Waals surface area contributed by atoms with Gasteiger partial charge in [0.15, 0.2) is 0 Å². The van der Waals surface area contributed by atoms with Gasteiger partial charge in [0, 0.05) is 8.04 Å². The Morgan fingerprint density at radius 1 is 1.05 bits per heavy atom. The molecule has 2 aromatic rings. The summed E-state index contributed by atoms with van der Waals surface area (Å²) in [5.74, 6) is 0. The van der Waals surface area contributed by atoms with Gasteiger partial charge in [-0.05, 0) is 83.3 Å². The van der Waals surface area contributed by atoms with Crippen LogP contribution in [-0.4, -0.2) is 0 Å². The van der Waals surface area contributed by atoms with Crippen LogP contribution in [0.2, 0.25) is 0 Å². The van der Waals surface area contributed by atoms with E-state index in [1.54, 1.807) is 0 Å². The summed E-state index contributed by atoms with van der Waals surface area (Å²) < 4.78 is 2.48. The lowest BCUT2D eigenvalue weighted by Crippen LogP contribution is -2.01. The first-order valence-corrected chi connectivity index (χ1v) is 8.86. The van der Waals surface area contributed by atoms with E-state index < -0.39 is 0 Å². The third kappa shape index (κ3) is 3.24. The number of benzene rings is 2. The Balaban J connectivity index is 2.56. The molecule has 0 aliphatic carbocycles. The van der Waals surface area contributed by atoms with Crippen LogP contribution in [0.25, 0.3) is 0 Å². The van der Waals surface area contributed by atoms with Gasteiger partial charge in [0.2, 0.25) is 0 Å². The first-order chi connectivity index (χ1) is 8.91. The molecule has 0 aromatic heterocycles. The van der Waals surface area contributed by atoms with Crippen LogP contribution in [0, 0.1) is 24.3 Å². The van der Waals surface area contributed by atoms with Crippen molar-refractivity contribution in [3.63, 3.8) is 0 Å². The smallest absolute Gasteiger partial charge is 0.0650 e. The monoisotopic (exact) mass is 492 g/mol. The van der Waals surface area contributed by atoms with Gasteiger partial charge in [0.05, 0.1) is 4.83 Å². The van der Waals surface area contributed by atoms with Crippen LogP contribution in [0.5, 0.6) is 0 Å². The van der Waals surface area contributed by atoms with Crippen LogP contribution < -0.4 is 0 Å². The summed E-state index contributed by atoms with van der Waals surface area (Å²) in [4.78, 5) is 0.235. The zero-order chi connectivity index (χ0) is 14.2. The molecule has 0 saturated carbocycles. The Morgan fingerprint density at radius 3 is 2.37 bits per heavy atom. The average molecular weight is 494 g/mol. The molecule has 0 amide bonds. The van der Waals surface area contributed by atoms with Crippen molar-refractivity contribution >= 4 is 54.5 Å². The minimum Gasteiger partial charge on any atom is -0.0786 e. The molecule has 19 heavy (non-hydrogen) atoms. The minimum absolute atomic E-state index is 0.235. The molecule has 0 fully saturated rings. The van der Waals surface area contributed by atoms with Gasteiger partial charge in [0.1, 0.15) is 0 Å². The molecule has 0 heterocycles. The van der Waals surface area contributed by atoms with E-state index in [1.165, 1.54) is 35.9 Å². The molecule has 0 nitrogen and oxygen atoms in total. The third-order valence-electron chi connectivity index (χ3n) is 3.33. The van der Waals surface area contributed by atoms with Gasteiger partial charge >= 0.3 is 0 Å². The van der Waals surface area contributed by atoms with Crippen LogP contribution >= 0.6 is 54.5 Å². The first-order valence-electron chi connectivity index (χ1n) is 6.07. The second-order valence-electron chi connectivity index (χ2n) is 4.78. The van der Waals surface area contributed by atoms with Crippen molar-refractivity contribution < 1.29 is 0 Å². The van der Waals surface area contributed by atoms with Crippen molar-refractivity contribution in [1.29, 1.82) is 0 Å². The number of aryl methyl sites for hydroxylation is 2. The lowest BCUT2D eigenvalue weighted by Gasteiger charge is -2.19. The summed E-state index contributed by atoms with van der Waals surface area (Å²) in [5, 5.41) is 0. The molecule has 2 aromatic carbocycles. The molecule has 0 bridgehead atoms. The van der Waals surface area contributed by atoms with Gasteiger partial charge in [-0.3, -0.25) is 0 Å². The molecule has 0 saturated heterocycles. The second-order valence-corrected chi connectivity index (χ2v) is 7.73.